The van der Waals surface area contributed by atoms with E-state index in [1.807, 2.05) is 63.3 Å². The summed E-state index contributed by atoms with van der Waals surface area (Å²) in [5.41, 5.74) is 0.962. The number of cyclic esters (lactones) is 1. The van der Waals surface area contributed by atoms with Crippen molar-refractivity contribution in [2.75, 3.05) is 0 Å². The maximum Gasteiger partial charge on any atom is 0.331 e. The molecule has 0 aliphatic carbocycles. The average molecular weight is 441 g/mol. The minimum atomic E-state index is -0.723. The largest absolute Gasteiger partial charge is 0.455 e. The van der Waals surface area contributed by atoms with Gasteiger partial charge < -0.3 is 14.9 Å². The summed E-state index contributed by atoms with van der Waals surface area (Å²) in [7, 11) is 0. The fourth-order valence-electron chi connectivity index (χ4n) is 3.03. The van der Waals surface area contributed by atoms with E-state index in [-0.39, 0.29) is 24.4 Å². The van der Waals surface area contributed by atoms with Gasteiger partial charge >= 0.3 is 5.97 Å². The molecule has 0 bridgehead atoms. The van der Waals surface area contributed by atoms with E-state index in [0.29, 0.717) is 12.3 Å². The number of hydrogen-bond acceptors (Lipinski definition) is 4. The summed E-state index contributed by atoms with van der Waals surface area (Å²) in [5, 5.41) is 20.5. The van der Waals surface area contributed by atoms with Crippen LogP contribution in [0.4, 0.5) is 0 Å². The van der Waals surface area contributed by atoms with Crippen molar-refractivity contribution in [2.45, 2.75) is 71.7 Å². The lowest BCUT2D eigenvalue weighted by Gasteiger charge is -2.17. The third kappa shape index (κ3) is 13.1. The molecule has 0 amide bonds. The predicted octanol–water partition coefficient (Wildman–Crippen LogP) is 5.77. The summed E-state index contributed by atoms with van der Waals surface area (Å²) in [6, 6.07) is 0. The van der Waals surface area contributed by atoms with Crippen LogP contribution in [0.2, 0.25) is 0 Å². The van der Waals surface area contributed by atoms with Crippen molar-refractivity contribution in [3.63, 3.8) is 0 Å². The maximum absolute atomic E-state index is 12.2. The predicted molar refractivity (Wildman–Crippen MR) is 133 cm³/mol. The van der Waals surface area contributed by atoms with Crippen LogP contribution in [0.5, 0.6) is 0 Å². The molecule has 0 aromatic heterocycles. The van der Waals surface area contributed by atoms with Crippen LogP contribution in [0, 0.1) is 11.8 Å². The van der Waals surface area contributed by atoms with E-state index in [0.717, 1.165) is 18.4 Å². The molecule has 1 aliphatic heterocycles. The van der Waals surface area contributed by atoms with Crippen LogP contribution in [0.1, 0.15) is 53.4 Å². The molecular weight excluding hydrogens is 400 g/mol. The summed E-state index contributed by atoms with van der Waals surface area (Å²) in [5.74, 6) is -0.0656. The normalized spacial score (nSPS) is 36.0. The fraction of sp³-hybridized carbons (Fsp3) is 0.464. The molecule has 32 heavy (non-hydrogen) atoms. The highest BCUT2D eigenvalue weighted by atomic mass is 16.5. The molecule has 1 heterocycles. The highest BCUT2D eigenvalue weighted by Gasteiger charge is 2.14. The van der Waals surface area contributed by atoms with Crippen LogP contribution in [-0.4, -0.2) is 34.5 Å². The van der Waals surface area contributed by atoms with Crippen molar-refractivity contribution in [2.24, 2.45) is 11.8 Å². The lowest BCUT2D eigenvalue weighted by Crippen LogP contribution is -2.21. The molecule has 1 rings (SSSR count). The highest BCUT2D eigenvalue weighted by molar-refractivity contribution is 5.82. The molecule has 4 nitrogen and oxygen atoms in total. The van der Waals surface area contributed by atoms with E-state index >= 15 is 0 Å². The van der Waals surface area contributed by atoms with Gasteiger partial charge in [0.15, 0.2) is 0 Å². The average Bonchev–Trinajstić information content (AvgIpc) is 2.74. The van der Waals surface area contributed by atoms with Crippen molar-refractivity contribution >= 4 is 5.97 Å². The first-order valence-electron chi connectivity index (χ1n) is 11.6. The van der Waals surface area contributed by atoms with E-state index in [4.69, 9.17) is 4.74 Å². The van der Waals surface area contributed by atoms with Gasteiger partial charge in [-0.1, -0.05) is 93.2 Å². The molecule has 0 saturated heterocycles. The van der Waals surface area contributed by atoms with Crippen molar-refractivity contribution in [1.29, 1.82) is 0 Å². The fourth-order valence-corrected chi connectivity index (χ4v) is 3.03. The summed E-state index contributed by atoms with van der Waals surface area (Å²) in [6.45, 7) is 8.06. The van der Waals surface area contributed by atoms with Crippen LogP contribution in [0.3, 0.4) is 0 Å². The van der Waals surface area contributed by atoms with Gasteiger partial charge in [-0.3, -0.25) is 0 Å². The van der Waals surface area contributed by atoms with Crippen molar-refractivity contribution < 1.29 is 19.7 Å². The molecule has 0 fully saturated rings. The van der Waals surface area contributed by atoms with Gasteiger partial charge in [-0.2, -0.15) is 0 Å². The monoisotopic (exact) mass is 440 g/mol. The van der Waals surface area contributed by atoms with Crippen molar-refractivity contribution in [3.05, 3.63) is 84.6 Å². The molecule has 0 spiro atoms. The van der Waals surface area contributed by atoms with Gasteiger partial charge in [0, 0.05) is 24.8 Å². The maximum atomic E-state index is 12.2. The number of hydrogen-bond donors (Lipinski definition) is 2. The Morgan fingerprint density at radius 2 is 1.81 bits per heavy atom. The van der Waals surface area contributed by atoms with Gasteiger partial charge in [-0.15, -0.1) is 0 Å². The molecule has 0 radical (unpaired) electrons. The SMILES string of the molecule is CC/C=C/[C@@H]1C/C=C\C=C/[C@@H](O)C[C@H](O)[C@H](C)/C=C\C[C@H](C)\C=C/C=C(C)\C=C/C(=O)O1. The number of aliphatic hydroxyl groups is 2. The van der Waals surface area contributed by atoms with E-state index in [9.17, 15) is 15.0 Å². The number of allylic oxidation sites excluding steroid dienone is 9. The first-order valence-corrected chi connectivity index (χ1v) is 11.6. The van der Waals surface area contributed by atoms with Crippen LogP contribution in [0.25, 0.3) is 0 Å². The van der Waals surface area contributed by atoms with E-state index in [1.165, 1.54) is 6.08 Å². The topological polar surface area (TPSA) is 66.8 Å². The molecule has 4 heteroatoms. The van der Waals surface area contributed by atoms with Gasteiger partial charge in [0.1, 0.15) is 6.10 Å². The summed E-state index contributed by atoms with van der Waals surface area (Å²) < 4.78 is 5.55. The molecule has 5 atom stereocenters. The van der Waals surface area contributed by atoms with E-state index < -0.39 is 12.2 Å². The van der Waals surface area contributed by atoms with Gasteiger partial charge in [-0.25, -0.2) is 4.79 Å². The number of rotatable bonds is 2. The Hall–Kier alpha value is -2.43. The molecule has 1 aliphatic rings. The Kier molecular flexibility index (Phi) is 14.0. The lowest BCUT2D eigenvalue weighted by molar-refractivity contribution is -0.140. The number of aliphatic hydroxyl groups excluding tert-OH is 2. The van der Waals surface area contributed by atoms with Crippen molar-refractivity contribution in [1.82, 2.24) is 0 Å². The number of ether oxygens (including phenoxy) is 1. The van der Waals surface area contributed by atoms with E-state index in [2.05, 4.69) is 19.1 Å². The van der Waals surface area contributed by atoms with Crippen LogP contribution in [0.15, 0.2) is 84.6 Å². The molecular formula is C28H40O4. The number of carbonyl (C=O) groups excluding carboxylic acids is 1. The first kappa shape index (κ1) is 27.6. The molecule has 0 unspecified atom stereocenters. The van der Waals surface area contributed by atoms with Crippen LogP contribution in [-0.2, 0) is 9.53 Å². The Morgan fingerprint density at radius 3 is 2.56 bits per heavy atom. The van der Waals surface area contributed by atoms with Crippen molar-refractivity contribution in [3.8, 4) is 0 Å². The lowest BCUT2D eigenvalue weighted by atomic mass is 9.97. The Balaban J connectivity index is 2.99. The minimum absolute atomic E-state index is 0.0318. The second-order valence-corrected chi connectivity index (χ2v) is 8.36. The molecule has 0 aromatic rings. The minimum Gasteiger partial charge on any atom is -0.455 e. The number of carbonyl (C=O) groups is 1. The molecule has 176 valence electrons. The second kappa shape index (κ2) is 16.2. The summed E-state index contributed by atoms with van der Waals surface area (Å²) in [4.78, 5) is 12.2. The standard InChI is InChI=1S/C28H40O4/c1-5-6-17-26-18-9-7-8-16-25(29)21-27(30)24(4)15-11-14-22(2)12-10-13-23(3)19-20-28(31)32-26/h6-13,15-17,19-20,22,24-27,29-30H,5,14,18,21H2,1-4H3/b9-7-,12-10-,15-11-,16-8-,17-6+,20-19-,23-13-/t22-,24-,25-,26-,27+/m1/s1. The second-order valence-electron chi connectivity index (χ2n) is 8.36. The molecule has 0 saturated carbocycles. The van der Waals surface area contributed by atoms with Gasteiger partial charge in [0.25, 0.3) is 0 Å². The third-order valence-electron chi connectivity index (χ3n) is 5.12. The van der Waals surface area contributed by atoms with E-state index in [1.54, 1.807) is 18.2 Å². The summed E-state index contributed by atoms with van der Waals surface area (Å²) in [6.07, 6.45) is 25.2. The van der Waals surface area contributed by atoms with Crippen LogP contribution >= 0.6 is 0 Å². The first-order chi connectivity index (χ1) is 15.3. The zero-order valence-electron chi connectivity index (χ0n) is 19.9. The Bertz CT molecular complexity index is 751. The highest BCUT2D eigenvalue weighted by Crippen LogP contribution is 2.14. The molecule has 0 aromatic carbocycles. The van der Waals surface area contributed by atoms with Crippen LogP contribution < -0.4 is 0 Å². The summed E-state index contributed by atoms with van der Waals surface area (Å²) >= 11 is 0. The number of esters is 1. The Morgan fingerprint density at radius 1 is 1.03 bits per heavy atom. The van der Waals surface area contributed by atoms with Gasteiger partial charge in [0.2, 0.25) is 0 Å². The third-order valence-corrected chi connectivity index (χ3v) is 5.12. The zero-order chi connectivity index (χ0) is 23.8. The van der Waals surface area contributed by atoms with Gasteiger partial charge in [-0.05, 0) is 31.8 Å². The molecule has 2 N–H and O–H groups in total. The van der Waals surface area contributed by atoms with Gasteiger partial charge in [0.05, 0.1) is 12.2 Å². The smallest absolute Gasteiger partial charge is 0.331 e. The quantitative estimate of drug-likeness (QED) is 0.423. The zero-order valence-corrected chi connectivity index (χ0v) is 19.9. The Labute approximate surface area is 194 Å².